The molecule has 0 atom stereocenters. The molecule has 0 spiro atoms. The molecule has 0 saturated carbocycles. The smallest absolute Gasteiger partial charge is 0.280 e. The SMILES string of the molecule is CCn1nc(C(=O)N(CCCN2CCOCC2)c2nc3c(C)ccc(Cl)c3s2)cc1C. The first kappa shape index (κ1) is 22.2. The van der Waals surface area contributed by atoms with Gasteiger partial charge in [-0.15, -0.1) is 0 Å². The van der Waals surface area contributed by atoms with Crippen molar-refractivity contribution in [3.8, 4) is 0 Å². The average molecular weight is 462 g/mol. The molecule has 0 N–H and O–H groups in total. The van der Waals surface area contributed by atoms with Crippen LogP contribution in [0.3, 0.4) is 0 Å². The highest BCUT2D eigenvalue weighted by Gasteiger charge is 2.25. The Morgan fingerprint density at radius 1 is 1.29 bits per heavy atom. The van der Waals surface area contributed by atoms with Crippen LogP contribution in [0.4, 0.5) is 5.13 Å². The van der Waals surface area contributed by atoms with Gasteiger partial charge in [-0.1, -0.05) is 29.0 Å². The van der Waals surface area contributed by atoms with Crippen molar-refractivity contribution in [2.75, 3.05) is 44.3 Å². The maximum atomic E-state index is 13.5. The molecule has 1 saturated heterocycles. The summed E-state index contributed by atoms with van der Waals surface area (Å²) in [6.45, 7) is 11.6. The van der Waals surface area contributed by atoms with Crippen LogP contribution in [0.25, 0.3) is 10.2 Å². The van der Waals surface area contributed by atoms with Crippen LogP contribution in [-0.2, 0) is 11.3 Å². The molecular weight excluding hydrogens is 434 g/mol. The van der Waals surface area contributed by atoms with Crippen molar-refractivity contribution < 1.29 is 9.53 Å². The molecule has 1 aliphatic rings. The monoisotopic (exact) mass is 461 g/mol. The number of anilines is 1. The summed E-state index contributed by atoms with van der Waals surface area (Å²) in [5.41, 5.74) is 3.33. The second kappa shape index (κ2) is 9.65. The van der Waals surface area contributed by atoms with Gasteiger partial charge in [0.2, 0.25) is 0 Å². The number of carbonyl (C=O) groups excluding carboxylic acids is 1. The average Bonchev–Trinajstić information content (AvgIpc) is 3.39. The number of nitrogens with zero attached hydrogens (tertiary/aromatic N) is 5. The number of hydrogen-bond donors (Lipinski definition) is 0. The van der Waals surface area contributed by atoms with Crippen LogP contribution < -0.4 is 4.90 Å². The van der Waals surface area contributed by atoms with Gasteiger partial charge in [0.15, 0.2) is 10.8 Å². The van der Waals surface area contributed by atoms with E-state index in [0.29, 0.717) is 22.4 Å². The fraction of sp³-hybridized carbons (Fsp3) is 0.500. The van der Waals surface area contributed by atoms with Crippen molar-refractivity contribution >= 4 is 44.2 Å². The number of rotatable bonds is 7. The molecule has 4 rings (SSSR count). The van der Waals surface area contributed by atoms with Crippen LogP contribution in [0.5, 0.6) is 0 Å². The molecule has 0 aliphatic carbocycles. The van der Waals surface area contributed by atoms with Crippen molar-refractivity contribution in [1.29, 1.82) is 0 Å². The Hall–Kier alpha value is -2.00. The molecular formula is C22H28ClN5O2S. The van der Waals surface area contributed by atoms with Gasteiger partial charge < -0.3 is 4.74 Å². The Balaban J connectivity index is 1.62. The van der Waals surface area contributed by atoms with E-state index >= 15 is 0 Å². The van der Waals surface area contributed by atoms with Crippen LogP contribution in [0.1, 0.15) is 35.1 Å². The van der Waals surface area contributed by atoms with E-state index in [1.807, 2.05) is 43.7 Å². The molecule has 0 bridgehead atoms. The molecule has 1 amide bonds. The predicted octanol–water partition coefficient (Wildman–Crippen LogP) is 4.15. The number of morpholine rings is 1. The molecule has 3 heterocycles. The number of carbonyl (C=O) groups is 1. The quantitative estimate of drug-likeness (QED) is 0.528. The number of amides is 1. The predicted molar refractivity (Wildman–Crippen MR) is 126 cm³/mol. The Bertz CT molecular complexity index is 1030. The fourth-order valence-corrected chi connectivity index (χ4v) is 5.18. The summed E-state index contributed by atoms with van der Waals surface area (Å²) in [7, 11) is 0. The molecule has 1 aliphatic heterocycles. The topological polar surface area (TPSA) is 63.5 Å². The van der Waals surface area contributed by atoms with E-state index in [4.69, 9.17) is 21.3 Å². The molecule has 7 nitrogen and oxygen atoms in total. The number of aromatic nitrogens is 3. The molecule has 9 heteroatoms. The summed E-state index contributed by atoms with van der Waals surface area (Å²) >= 11 is 7.89. The third kappa shape index (κ3) is 4.77. The van der Waals surface area contributed by atoms with Crippen molar-refractivity contribution in [3.05, 3.63) is 40.2 Å². The number of ether oxygens (including phenoxy) is 1. The maximum absolute atomic E-state index is 13.5. The minimum absolute atomic E-state index is 0.120. The first-order valence-corrected chi connectivity index (χ1v) is 11.9. The Morgan fingerprint density at radius 2 is 2.06 bits per heavy atom. The molecule has 1 aromatic carbocycles. The van der Waals surface area contributed by atoms with Gasteiger partial charge in [-0.2, -0.15) is 5.10 Å². The van der Waals surface area contributed by atoms with Gasteiger partial charge in [-0.05, 0) is 44.9 Å². The lowest BCUT2D eigenvalue weighted by atomic mass is 10.2. The van der Waals surface area contributed by atoms with Gasteiger partial charge >= 0.3 is 0 Å². The second-order valence-corrected chi connectivity index (χ2v) is 9.17. The minimum atomic E-state index is -0.120. The molecule has 3 aromatic rings. The number of aryl methyl sites for hydroxylation is 3. The van der Waals surface area contributed by atoms with Crippen LogP contribution in [0.2, 0.25) is 5.02 Å². The lowest BCUT2D eigenvalue weighted by Crippen LogP contribution is -2.39. The summed E-state index contributed by atoms with van der Waals surface area (Å²) in [6.07, 6.45) is 0.849. The highest BCUT2D eigenvalue weighted by atomic mass is 35.5. The number of thiazole rings is 1. The second-order valence-electron chi connectivity index (χ2n) is 7.79. The van der Waals surface area contributed by atoms with E-state index in [9.17, 15) is 4.79 Å². The largest absolute Gasteiger partial charge is 0.379 e. The fourth-order valence-electron chi connectivity index (χ4n) is 3.84. The molecule has 166 valence electrons. The molecule has 0 radical (unpaired) electrons. The van der Waals surface area contributed by atoms with Gasteiger partial charge in [0.1, 0.15) is 0 Å². The molecule has 2 aromatic heterocycles. The van der Waals surface area contributed by atoms with Gasteiger partial charge in [-0.25, -0.2) is 4.98 Å². The number of fused-ring (bicyclic) bond motifs is 1. The summed E-state index contributed by atoms with van der Waals surface area (Å²) in [6, 6.07) is 5.70. The van der Waals surface area contributed by atoms with Crippen LogP contribution >= 0.6 is 22.9 Å². The van der Waals surface area contributed by atoms with Gasteiger partial charge in [0, 0.05) is 38.4 Å². The van der Waals surface area contributed by atoms with Crippen molar-refractivity contribution in [2.45, 2.75) is 33.7 Å². The summed E-state index contributed by atoms with van der Waals surface area (Å²) in [4.78, 5) is 22.5. The van der Waals surface area contributed by atoms with E-state index in [-0.39, 0.29) is 5.91 Å². The zero-order valence-corrected chi connectivity index (χ0v) is 19.8. The molecule has 1 fully saturated rings. The third-order valence-corrected chi connectivity index (χ3v) is 7.16. The van der Waals surface area contributed by atoms with Gasteiger partial charge in [0.25, 0.3) is 5.91 Å². The van der Waals surface area contributed by atoms with Gasteiger partial charge in [-0.3, -0.25) is 19.3 Å². The normalized spacial score (nSPS) is 15.0. The van der Waals surface area contributed by atoms with E-state index in [1.165, 1.54) is 11.3 Å². The lowest BCUT2D eigenvalue weighted by molar-refractivity contribution is 0.0376. The maximum Gasteiger partial charge on any atom is 0.280 e. The molecule has 0 unspecified atom stereocenters. The van der Waals surface area contributed by atoms with Crippen molar-refractivity contribution in [2.24, 2.45) is 0 Å². The zero-order chi connectivity index (χ0) is 22.0. The zero-order valence-electron chi connectivity index (χ0n) is 18.2. The highest BCUT2D eigenvalue weighted by molar-refractivity contribution is 7.23. The van der Waals surface area contributed by atoms with E-state index in [0.717, 1.165) is 67.3 Å². The number of benzene rings is 1. The highest BCUT2D eigenvalue weighted by Crippen LogP contribution is 2.36. The molecule has 31 heavy (non-hydrogen) atoms. The van der Waals surface area contributed by atoms with Gasteiger partial charge in [0.05, 0.1) is 28.5 Å². The van der Waals surface area contributed by atoms with E-state index in [2.05, 4.69) is 10.00 Å². The minimum Gasteiger partial charge on any atom is -0.379 e. The van der Waals surface area contributed by atoms with Crippen molar-refractivity contribution in [1.82, 2.24) is 19.7 Å². The first-order chi connectivity index (χ1) is 15.0. The number of hydrogen-bond acceptors (Lipinski definition) is 6. The Kier molecular flexibility index (Phi) is 6.91. The van der Waals surface area contributed by atoms with E-state index in [1.54, 1.807) is 4.90 Å². The van der Waals surface area contributed by atoms with E-state index < -0.39 is 0 Å². The summed E-state index contributed by atoms with van der Waals surface area (Å²) < 4.78 is 8.20. The summed E-state index contributed by atoms with van der Waals surface area (Å²) in [5.74, 6) is -0.120. The third-order valence-electron chi connectivity index (χ3n) is 5.62. The van der Waals surface area contributed by atoms with Crippen molar-refractivity contribution in [3.63, 3.8) is 0 Å². The summed E-state index contributed by atoms with van der Waals surface area (Å²) in [5, 5.41) is 5.84. The Morgan fingerprint density at radius 3 is 2.74 bits per heavy atom. The van der Waals surface area contributed by atoms with Crippen LogP contribution in [0, 0.1) is 13.8 Å². The van der Waals surface area contributed by atoms with Crippen LogP contribution in [-0.4, -0.2) is 65.0 Å². The standard InChI is InChI=1S/C22H28ClN5O2S/c1-4-28-16(3)14-18(25-28)21(29)27(9-5-8-26-10-12-30-13-11-26)22-24-19-15(2)6-7-17(23)20(19)31-22/h6-7,14H,4-5,8-13H2,1-3H3. The van der Waals surface area contributed by atoms with Crippen LogP contribution in [0.15, 0.2) is 18.2 Å². The lowest BCUT2D eigenvalue weighted by Gasteiger charge is -2.27. The Labute approximate surface area is 191 Å². The first-order valence-electron chi connectivity index (χ1n) is 10.7. The number of halogens is 1.